The molecule has 1 saturated heterocycles. The Morgan fingerprint density at radius 1 is 1.41 bits per heavy atom. The topological polar surface area (TPSA) is 52.6 Å². The highest BCUT2D eigenvalue weighted by molar-refractivity contribution is 5.96. The van der Waals surface area contributed by atoms with Crippen molar-refractivity contribution in [3.63, 3.8) is 0 Å². The van der Waals surface area contributed by atoms with Crippen molar-refractivity contribution in [1.29, 1.82) is 0 Å². The monoisotopic (exact) mass is 234 g/mol. The molecular formula is C13H18N2O2. The molecule has 4 heteroatoms. The number of anilines is 1. The van der Waals surface area contributed by atoms with E-state index in [9.17, 15) is 9.90 Å². The van der Waals surface area contributed by atoms with Crippen LogP contribution in [0.25, 0.3) is 0 Å². The van der Waals surface area contributed by atoms with Crippen molar-refractivity contribution in [3.05, 3.63) is 29.8 Å². The van der Waals surface area contributed by atoms with Gasteiger partial charge in [0.05, 0.1) is 11.8 Å². The van der Waals surface area contributed by atoms with E-state index in [2.05, 4.69) is 5.43 Å². The van der Waals surface area contributed by atoms with Gasteiger partial charge in [0.15, 0.2) is 0 Å². The number of nitrogens with one attached hydrogen (secondary N) is 1. The molecule has 1 aromatic carbocycles. The van der Waals surface area contributed by atoms with Crippen LogP contribution in [0.1, 0.15) is 38.9 Å². The van der Waals surface area contributed by atoms with Gasteiger partial charge >= 0.3 is 0 Å². The number of carbonyl (C=O) groups excluding carboxylic acids is 1. The van der Waals surface area contributed by atoms with Crippen molar-refractivity contribution in [2.45, 2.75) is 38.8 Å². The molecule has 0 spiro atoms. The molecule has 0 saturated carbocycles. The normalized spacial score (nSPS) is 20.7. The molecule has 1 amide bonds. The summed E-state index contributed by atoms with van der Waals surface area (Å²) in [5.41, 5.74) is 4.42. The molecule has 17 heavy (non-hydrogen) atoms. The molecule has 1 aromatic rings. The summed E-state index contributed by atoms with van der Waals surface area (Å²) in [6.07, 6.45) is -0.134. The van der Waals surface area contributed by atoms with Crippen molar-refractivity contribution >= 4 is 11.6 Å². The Morgan fingerprint density at radius 2 is 2.06 bits per heavy atom. The van der Waals surface area contributed by atoms with Gasteiger partial charge in [0.25, 0.3) is 0 Å². The highest BCUT2D eigenvalue weighted by Crippen LogP contribution is 2.30. The summed E-state index contributed by atoms with van der Waals surface area (Å²) in [5.74, 6) is 0.0306. The number of hydrogen-bond donors (Lipinski definition) is 2. The van der Waals surface area contributed by atoms with Crippen molar-refractivity contribution in [2.24, 2.45) is 0 Å². The molecule has 2 rings (SSSR count). The minimum Gasteiger partial charge on any atom is -0.389 e. The first-order valence-electron chi connectivity index (χ1n) is 5.78. The standard InChI is InChI=1S/C13H18N2O2/c1-9(16)10-6-4-5-7-11(10)15-12(17)8-13(2,3)14-15/h4-7,9,14,16H,8H2,1-3H3. The average molecular weight is 234 g/mol. The second-order valence-corrected chi connectivity index (χ2v) is 5.14. The number of amides is 1. The Labute approximate surface area is 101 Å². The maximum atomic E-state index is 11.9. The largest absolute Gasteiger partial charge is 0.389 e. The summed E-state index contributed by atoms with van der Waals surface area (Å²) in [5, 5.41) is 11.3. The number of aliphatic hydroxyl groups excluding tert-OH is 1. The van der Waals surface area contributed by atoms with E-state index in [1.165, 1.54) is 0 Å². The van der Waals surface area contributed by atoms with Crippen LogP contribution < -0.4 is 10.4 Å². The molecule has 0 bridgehead atoms. The number of aliphatic hydroxyl groups is 1. The average Bonchev–Trinajstić information content (AvgIpc) is 2.52. The fraction of sp³-hybridized carbons (Fsp3) is 0.462. The molecule has 4 nitrogen and oxygen atoms in total. The molecule has 1 unspecified atom stereocenters. The zero-order valence-electron chi connectivity index (χ0n) is 10.4. The Hall–Kier alpha value is -1.39. The van der Waals surface area contributed by atoms with E-state index < -0.39 is 6.10 Å². The van der Waals surface area contributed by atoms with E-state index in [4.69, 9.17) is 0 Å². The smallest absolute Gasteiger partial charge is 0.243 e. The zero-order valence-corrected chi connectivity index (χ0v) is 10.4. The summed E-state index contributed by atoms with van der Waals surface area (Å²) in [4.78, 5) is 11.9. The third-order valence-electron chi connectivity index (χ3n) is 2.88. The van der Waals surface area contributed by atoms with E-state index in [0.717, 1.165) is 11.3 Å². The van der Waals surface area contributed by atoms with Gasteiger partial charge in [-0.15, -0.1) is 0 Å². The van der Waals surface area contributed by atoms with Crippen LogP contribution in [0.5, 0.6) is 0 Å². The Kier molecular flexibility index (Phi) is 2.93. The minimum absolute atomic E-state index is 0.0306. The van der Waals surface area contributed by atoms with E-state index in [-0.39, 0.29) is 11.4 Å². The molecule has 2 N–H and O–H groups in total. The van der Waals surface area contributed by atoms with Crippen molar-refractivity contribution in [2.75, 3.05) is 5.01 Å². The van der Waals surface area contributed by atoms with Gasteiger partial charge < -0.3 is 5.11 Å². The van der Waals surface area contributed by atoms with Crippen molar-refractivity contribution in [1.82, 2.24) is 5.43 Å². The van der Waals surface area contributed by atoms with Crippen LogP contribution >= 0.6 is 0 Å². The number of para-hydroxylation sites is 1. The summed E-state index contributed by atoms with van der Waals surface area (Å²) < 4.78 is 0. The predicted molar refractivity (Wildman–Crippen MR) is 66.4 cm³/mol. The van der Waals surface area contributed by atoms with E-state index in [1.54, 1.807) is 11.9 Å². The Bertz CT molecular complexity index is 441. The number of nitrogens with zero attached hydrogens (tertiary/aromatic N) is 1. The number of rotatable bonds is 2. The summed E-state index contributed by atoms with van der Waals surface area (Å²) in [6.45, 7) is 5.66. The number of benzene rings is 1. The zero-order chi connectivity index (χ0) is 12.6. The van der Waals surface area contributed by atoms with E-state index in [0.29, 0.717) is 6.42 Å². The molecular weight excluding hydrogens is 216 g/mol. The van der Waals surface area contributed by atoms with Crippen molar-refractivity contribution in [3.8, 4) is 0 Å². The van der Waals surface area contributed by atoms with Crippen molar-refractivity contribution < 1.29 is 9.90 Å². The third-order valence-corrected chi connectivity index (χ3v) is 2.88. The summed E-state index contributed by atoms with van der Waals surface area (Å²) >= 11 is 0. The molecule has 1 atom stereocenters. The molecule has 92 valence electrons. The number of hydrazine groups is 1. The molecule has 1 heterocycles. The molecule has 0 aromatic heterocycles. The van der Waals surface area contributed by atoms with Crippen LogP contribution in [-0.4, -0.2) is 16.6 Å². The third kappa shape index (κ3) is 2.33. The lowest BCUT2D eigenvalue weighted by Crippen LogP contribution is -2.43. The lowest BCUT2D eigenvalue weighted by Gasteiger charge is -2.24. The summed E-state index contributed by atoms with van der Waals surface area (Å²) in [7, 11) is 0. The van der Waals surface area contributed by atoms with Gasteiger partial charge in [-0.2, -0.15) is 0 Å². The maximum absolute atomic E-state index is 11.9. The lowest BCUT2D eigenvalue weighted by molar-refractivity contribution is -0.117. The predicted octanol–water partition coefficient (Wildman–Crippen LogP) is 1.76. The molecule has 1 aliphatic heterocycles. The number of carbonyl (C=O) groups is 1. The first kappa shape index (κ1) is 12.1. The molecule has 1 fully saturated rings. The van der Waals surface area contributed by atoms with E-state index >= 15 is 0 Å². The van der Waals surface area contributed by atoms with Crippen LogP contribution in [0.3, 0.4) is 0 Å². The molecule has 0 radical (unpaired) electrons. The SMILES string of the molecule is CC(O)c1ccccc1N1NC(C)(C)CC1=O. The highest BCUT2D eigenvalue weighted by atomic mass is 16.3. The molecule has 0 aliphatic carbocycles. The second-order valence-electron chi connectivity index (χ2n) is 5.14. The summed E-state index contributed by atoms with van der Waals surface area (Å²) in [6, 6.07) is 7.40. The molecule has 1 aliphatic rings. The number of hydrogen-bond acceptors (Lipinski definition) is 3. The van der Waals surface area contributed by atoms with Crippen LogP contribution in [0.4, 0.5) is 5.69 Å². The van der Waals surface area contributed by atoms with Gasteiger partial charge in [-0.25, -0.2) is 10.4 Å². The van der Waals surface area contributed by atoms with Gasteiger partial charge in [-0.3, -0.25) is 4.79 Å². The quantitative estimate of drug-likeness (QED) is 0.819. The minimum atomic E-state index is -0.593. The Morgan fingerprint density at radius 3 is 2.59 bits per heavy atom. The van der Waals surface area contributed by atoms with Crippen LogP contribution in [-0.2, 0) is 4.79 Å². The first-order valence-corrected chi connectivity index (χ1v) is 5.78. The van der Waals surface area contributed by atoms with Gasteiger partial charge in [-0.05, 0) is 26.8 Å². The van der Waals surface area contributed by atoms with Crippen LogP contribution in [0, 0.1) is 0 Å². The first-order chi connectivity index (χ1) is 7.91. The van der Waals surface area contributed by atoms with Gasteiger partial charge in [0.2, 0.25) is 5.91 Å². The lowest BCUT2D eigenvalue weighted by atomic mass is 10.0. The van der Waals surface area contributed by atoms with E-state index in [1.807, 2.05) is 38.1 Å². The van der Waals surface area contributed by atoms with Gasteiger partial charge in [0, 0.05) is 17.5 Å². The van der Waals surface area contributed by atoms with Crippen LogP contribution in [0.15, 0.2) is 24.3 Å². The second kappa shape index (κ2) is 4.13. The van der Waals surface area contributed by atoms with Crippen LogP contribution in [0.2, 0.25) is 0 Å². The van der Waals surface area contributed by atoms with Gasteiger partial charge in [-0.1, -0.05) is 18.2 Å². The fourth-order valence-electron chi connectivity index (χ4n) is 2.10. The Balaban J connectivity index is 2.38. The highest BCUT2D eigenvalue weighted by Gasteiger charge is 2.36. The van der Waals surface area contributed by atoms with Gasteiger partial charge in [0.1, 0.15) is 0 Å². The fourth-order valence-corrected chi connectivity index (χ4v) is 2.10. The maximum Gasteiger partial charge on any atom is 0.243 e.